The van der Waals surface area contributed by atoms with Crippen molar-refractivity contribution in [2.45, 2.75) is 54.9 Å². The lowest BCUT2D eigenvalue weighted by Crippen LogP contribution is -2.52. The number of piperidine rings is 1. The Hall–Kier alpha value is -0.440. The normalized spacial score (nSPS) is 28.5. The lowest BCUT2D eigenvalue weighted by atomic mass is 9.74. The number of benzene rings is 1. The van der Waals surface area contributed by atoms with Crippen LogP contribution in [0.15, 0.2) is 32.5 Å². The Labute approximate surface area is 158 Å². The predicted molar refractivity (Wildman–Crippen MR) is 101 cm³/mol. The third-order valence-electron chi connectivity index (χ3n) is 5.60. The molecule has 1 aliphatic carbocycles. The lowest BCUT2D eigenvalue weighted by Gasteiger charge is -2.46. The number of fused-ring (bicyclic) bond motifs is 1. The third-order valence-corrected chi connectivity index (χ3v) is 9.63. The average molecular weight is 450 g/mol. The van der Waals surface area contributed by atoms with E-state index in [0.717, 1.165) is 38.4 Å². The first kappa shape index (κ1) is 19.3. The van der Waals surface area contributed by atoms with E-state index in [4.69, 9.17) is 0 Å². The van der Waals surface area contributed by atoms with Gasteiger partial charge in [0.25, 0.3) is 0 Å². The highest BCUT2D eigenvalue weighted by Gasteiger charge is 2.43. The molecule has 2 aliphatic rings. The van der Waals surface area contributed by atoms with E-state index in [1.54, 1.807) is 4.31 Å². The van der Waals surface area contributed by atoms with Crippen molar-refractivity contribution < 1.29 is 16.8 Å². The summed E-state index contributed by atoms with van der Waals surface area (Å²) in [6.45, 7) is 2.72. The van der Waals surface area contributed by atoms with Gasteiger partial charge in [-0.3, -0.25) is 0 Å². The summed E-state index contributed by atoms with van der Waals surface area (Å²) in [5.41, 5.74) is 0. The minimum absolute atomic E-state index is 0.0243. The van der Waals surface area contributed by atoms with Crippen LogP contribution in [-0.4, -0.2) is 40.0 Å². The van der Waals surface area contributed by atoms with Crippen LogP contribution in [0.1, 0.15) is 39.0 Å². The van der Waals surface area contributed by atoms with Crippen LogP contribution in [0.25, 0.3) is 0 Å². The molecule has 8 heteroatoms. The fourth-order valence-corrected chi connectivity index (χ4v) is 7.60. The van der Waals surface area contributed by atoms with Crippen molar-refractivity contribution in [3.05, 3.63) is 22.7 Å². The molecule has 0 aromatic heterocycles. The van der Waals surface area contributed by atoms with Gasteiger partial charge in [-0.2, -0.15) is 4.31 Å². The van der Waals surface area contributed by atoms with Gasteiger partial charge >= 0.3 is 0 Å². The second-order valence-corrected chi connectivity index (χ2v) is 12.0. The average Bonchev–Trinajstić information content (AvgIpc) is 2.54. The number of nitrogens with zero attached hydrogens (tertiary/aromatic N) is 1. The maximum atomic E-state index is 13.3. The molecule has 0 amide bonds. The summed E-state index contributed by atoms with van der Waals surface area (Å²) in [4.78, 5) is 0.0779. The maximum absolute atomic E-state index is 13.3. The van der Waals surface area contributed by atoms with Crippen LogP contribution < -0.4 is 0 Å². The highest BCUT2D eigenvalue weighted by Crippen LogP contribution is 2.42. The van der Waals surface area contributed by atoms with Gasteiger partial charge in [-0.05, 0) is 65.2 Å². The van der Waals surface area contributed by atoms with Crippen LogP contribution in [-0.2, 0) is 19.9 Å². The summed E-state index contributed by atoms with van der Waals surface area (Å²) in [6.07, 6.45) is 6.10. The lowest BCUT2D eigenvalue weighted by molar-refractivity contribution is 0.0827. The van der Waals surface area contributed by atoms with E-state index in [2.05, 4.69) is 22.9 Å². The van der Waals surface area contributed by atoms with E-state index in [1.807, 2.05) is 0 Å². The first-order chi connectivity index (χ1) is 11.6. The van der Waals surface area contributed by atoms with Crippen molar-refractivity contribution in [1.82, 2.24) is 4.31 Å². The van der Waals surface area contributed by atoms with Crippen LogP contribution in [0.4, 0.5) is 0 Å². The Kier molecular flexibility index (Phi) is 5.37. The van der Waals surface area contributed by atoms with Crippen LogP contribution >= 0.6 is 15.9 Å². The Morgan fingerprint density at radius 3 is 2.44 bits per heavy atom. The summed E-state index contributed by atoms with van der Waals surface area (Å²) in [7, 11) is -7.22. The van der Waals surface area contributed by atoms with Crippen LogP contribution in [0.3, 0.4) is 0 Å². The molecule has 3 unspecified atom stereocenters. The molecule has 1 aliphatic heterocycles. The van der Waals surface area contributed by atoms with E-state index in [-0.39, 0.29) is 15.8 Å². The van der Waals surface area contributed by atoms with Gasteiger partial charge in [-0.1, -0.05) is 19.8 Å². The molecule has 1 saturated carbocycles. The van der Waals surface area contributed by atoms with Gasteiger partial charge in [0, 0.05) is 23.3 Å². The fraction of sp³-hybridized carbons (Fsp3) is 0.647. The summed E-state index contributed by atoms with van der Waals surface area (Å²) >= 11 is 3.30. The van der Waals surface area contributed by atoms with Crippen molar-refractivity contribution >= 4 is 35.8 Å². The van der Waals surface area contributed by atoms with Gasteiger partial charge in [0.05, 0.1) is 9.79 Å². The van der Waals surface area contributed by atoms with E-state index >= 15 is 0 Å². The van der Waals surface area contributed by atoms with E-state index in [9.17, 15) is 16.8 Å². The molecule has 1 heterocycles. The Bertz CT molecular complexity index is 867. The van der Waals surface area contributed by atoms with Crippen LogP contribution in [0.5, 0.6) is 0 Å². The molecule has 1 saturated heterocycles. The highest BCUT2D eigenvalue weighted by molar-refractivity contribution is 9.10. The molecule has 25 heavy (non-hydrogen) atoms. The summed E-state index contributed by atoms with van der Waals surface area (Å²) in [6, 6.07) is 4.25. The Balaban J connectivity index is 2.04. The van der Waals surface area contributed by atoms with Crippen LogP contribution in [0.2, 0.25) is 0 Å². The molecule has 0 bridgehead atoms. The molecule has 3 atom stereocenters. The van der Waals surface area contributed by atoms with Crippen LogP contribution in [0, 0.1) is 11.8 Å². The molecule has 5 nitrogen and oxygen atoms in total. The number of hydrogen-bond acceptors (Lipinski definition) is 4. The highest BCUT2D eigenvalue weighted by atomic mass is 79.9. The monoisotopic (exact) mass is 449 g/mol. The largest absolute Gasteiger partial charge is 0.244 e. The van der Waals surface area contributed by atoms with Crippen molar-refractivity contribution in [3.63, 3.8) is 0 Å². The maximum Gasteiger partial charge on any atom is 0.244 e. The topological polar surface area (TPSA) is 71.5 Å². The molecule has 1 aromatic carbocycles. The minimum atomic E-state index is -3.75. The predicted octanol–water partition coefficient (Wildman–Crippen LogP) is 3.44. The van der Waals surface area contributed by atoms with E-state index in [0.29, 0.717) is 22.9 Å². The second-order valence-electron chi connectivity index (χ2n) is 7.26. The minimum Gasteiger partial charge on any atom is -0.224 e. The van der Waals surface area contributed by atoms with Gasteiger partial charge < -0.3 is 0 Å². The summed E-state index contributed by atoms with van der Waals surface area (Å²) < 4.78 is 52.4. The number of rotatable bonds is 3. The van der Waals surface area contributed by atoms with Gasteiger partial charge in [-0.15, -0.1) is 0 Å². The zero-order valence-electron chi connectivity index (χ0n) is 14.5. The summed E-state index contributed by atoms with van der Waals surface area (Å²) in [5.74, 6) is 0.927. The zero-order valence-corrected chi connectivity index (χ0v) is 17.7. The molecule has 3 rings (SSSR count). The molecule has 0 spiro atoms. The van der Waals surface area contributed by atoms with Crippen molar-refractivity contribution in [2.24, 2.45) is 11.8 Å². The number of sulfonamides is 1. The third kappa shape index (κ3) is 3.68. The Morgan fingerprint density at radius 2 is 1.76 bits per heavy atom. The molecule has 140 valence electrons. The van der Waals surface area contributed by atoms with E-state index in [1.165, 1.54) is 18.2 Å². The first-order valence-electron chi connectivity index (χ1n) is 8.64. The molecule has 2 fully saturated rings. The van der Waals surface area contributed by atoms with Gasteiger partial charge in [0.2, 0.25) is 10.0 Å². The zero-order chi connectivity index (χ0) is 18.4. The molecular weight excluding hydrogens is 426 g/mol. The summed E-state index contributed by atoms with van der Waals surface area (Å²) in [5, 5.41) is 0. The molecule has 1 aromatic rings. The number of hydrogen-bond donors (Lipinski definition) is 0. The molecule has 0 N–H and O–H groups in total. The second kappa shape index (κ2) is 6.94. The van der Waals surface area contributed by atoms with Crippen molar-refractivity contribution in [2.75, 3.05) is 12.8 Å². The van der Waals surface area contributed by atoms with Crippen molar-refractivity contribution in [1.29, 1.82) is 0 Å². The Morgan fingerprint density at radius 1 is 1.08 bits per heavy atom. The van der Waals surface area contributed by atoms with Gasteiger partial charge in [0.1, 0.15) is 0 Å². The van der Waals surface area contributed by atoms with Gasteiger partial charge in [0.15, 0.2) is 9.84 Å². The molecule has 0 radical (unpaired) electrons. The van der Waals surface area contributed by atoms with E-state index < -0.39 is 19.9 Å². The standard InChI is InChI=1S/C17H24BrNO4S2/c1-12-9-10-19(16-6-4-3-5-14(12)16)25(22,23)17-11-13(24(2,20)21)7-8-15(17)18/h7-8,11-12,14,16H,3-6,9-10H2,1-2H3. The number of halogens is 1. The fourth-order valence-electron chi connectivity index (χ4n) is 4.21. The smallest absolute Gasteiger partial charge is 0.224 e. The number of sulfone groups is 1. The first-order valence-corrected chi connectivity index (χ1v) is 12.8. The SMILES string of the molecule is CC1CCN(S(=O)(=O)c2cc(S(C)(=O)=O)ccc2Br)C2CCCCC12. The van der Waals surface area contributed by atoms with Crippen molar-refractivity contribution in [3.8, 4) is 0 Å². The quantitative estimate of drug-likeness (QED) is 0.708. The molecular formula is C17H24BrNO4S2. The van der Waals surface area contributed by atoms with Gasteiger partial charge in [-0.25, -0.2) is 16.8 Å².